The van der Waals surface area contributed by atoms with E-state index in [2.05, 4.69) is 9.97 Å². The van der Waals surface area contributed by atoms with Gasteiger partial charge in [-0.25, -0.2) is 23.2 Å². The maximum Gasteiger partial charge on any atom is 0.410 e. The van der Waals surface area contributed by atoms with Gasteiger partial charge in [-0.15, -0.1) is 0 Å². The van der Waals surface area contributed by atoms with Crippen LogP contribution in [0.2, 0.25) is 0 Å². The van der Waals surface area contributed by atoms with Crippen molar-refractivity contribution in [1.29, 1.82) is 0 Å². The number of anilines is 1. The fraction of sp³-hybridized carbons (Fsp3) is 0.737. The lowest BCUT2D eigenvalue weighted by atomic mass is 10.1. The Balaban J connectivity index is 1.46. The van der Waals surface area contributed by atoms with Crippen molar-refractivity contribution in [1.82, 2.24) is 19.2 Å². The first-order valence-corrected chi connectivity index (χ1v) is 12.0. The van der Waals surface area contributed by atoms with Gasteiger partial charge in [0.2, 0.25) is 15.9 Å². The molecule has 0 spiro atoms. The number of likely N-dealkylation sites (tertiary alicyclic amines) is 1. The van der Waals surface area contributed by atoms with Crippen molar-refractivity contribution in [3.8, 4) is 5.88 Å². The lowest BCUT2D eigenvalue weighted by Gasteiger charge is -2.34. The molecule has 1 aromatic rings. The smallest absolute Gasteiger partial charge is 0.410 e. The Kier molecular flexibility index (Phi) is 6.71. The Morgan fingerprint density at radius 1 is 1.03 bits per heavy atom. The van der Waals surface area contributed by atoms with Gasteiger partial charge in [0.15, 0.2) is 0 Å². The van der Waals surface area contributed by atoms with E-state index in [0.717, 1.165) is 0 Å². The molecule has 0 aromatic carbocycles. The van der Waals surface area contributed by atoms with Crippen LogP contribution in [0, 0.1) is 0 Å². The van der Waals surface area contributed by atoms with Crippen LogP contribution in [0.5, 0.6) is 5.88 Å². The molecule has 2 saturated heterocycles. The van der Waals surface area contributed by atoms with E-state index in [4.69, 9.17) is 9.47 Å². The summed E-state index contributed by atoms with van der Waals surface area (Å²) < 4.78 is 36.0. The first-order chi connectivity index (χ1) is 14.0. The fourth-order valence-corrected chi connectivity index (χ4v) is 4.26. The van der Waals surface area contributed by atoms with E-state index < -0.39 is 15.6 Å². The summed E-state index contributed by atoms with van der Waals surface area (Å²) in [6, 6.07) is 0. The van der Waals surface area contributed by atoms with E-state index in [0.29, 0.717) is 63.8 Å². The molecule has 0 atom stereocenters. The van der Waals surface area contributed by atoms with Crippen LogP contribution in [0.3, 0.4) is 0 Å². The molecular formula is C19H31N5O5S. The molecule has 3 heterocycles. The van der Waals surface area contributed by atoms with Gasteiger partial charge in [-0.3, -0.25) is 0 Å². The minimum Gasteiger partial charge on any atom is -0.473 e. The van der Waals surface area contributed by atoms with Gasteiger partial charge in [0.25, 0.3) is 0 Å². The van der Waals surface area contributed by atoms with E-state index in [-0.39, 0.29) is 12.2 Å². The number of nitrogens with zero attached hydrogens (tertiary/aromatic N) is 5. The molecule has 168 valence electrons. The molecule has 2 fully saturated rings. The van der Waals surface area contributed by atoms with E-state index in [1.54, 1.807) is 17.3 Å². The second-order valence-corrected chi connectivity index (χ2v) is 10.6. The number of carbonyl (C=O) groups excluding carboxylic acids is 1. The van der Waals surface area contributed by atoms with Gasteiger partial charge in [0.05, 0.1) is 18.6 Å². The van der Waals surface area contributed by atoms with Crippen LogP contribution < -0.4 is 9.64 Å². The topological polar surface area (TPSA) is 105 Å². The van der Waals surface area contributed by atoms with Gasteiger partial charge < -0.3 is 19.3 Å². The molecule has 0 N–H and O–H groups in total. The van der Waals surface area contributed by atoms with Gasteiger partial charge >= 0.3 is 6.09 Å². The zero-order valence-electron chi connectivity index (χ0n) is 18.1. The highest BCUT2D eigenvalue weighted by molar-refractivity contribution is 7.88. The van der Waals surface area contributed by atoms with Crippen molar-refractivity contribution in [2.75, 3.05) is 50.4 Å². The first-order valence-electron chi connectivity index (χ1n) is 10.2. The van der Waals surface area contributed by atoms with Crippen LogP contribution in [0.1, 0.15) is 33.6 Å². The number of hydrogen-bond acceptors (Lipinski definition) is 8. The van der Waals surface area contributed by atoms with Gasteiger partial charge in [0.1, 0.15) is 17.5 Å². The molecule has 3 rings (SSSR count). The number of piperazine rings is 1. The van der Waals surface area contributed by atoms with Crippen LogP contribution >= 0.6 is 0 Å². The summed E-state index contributed by atoms with van der Waals surface area (Å²) in [6.07, 6.45) is 5.57. The molecule has 11 heteroatoms. The van der Waals surface area contributed by atoms with Crippen molar-refractivity contribution in [2.24, 2.45) is 0 Å². The average molecular weight is 442 g/mol. The highest BCUT2D eigenvalue weighted by atomic mass is 32.2. The summed E-state index contributed by atoms with van der Waals surface area (Å²) >= 11 is 0. The molecule has 10 nitrogen and oxygen atoms in total. The maximum absolute atomic E-state index is 12.1. The number of piperidine rings is 1. The Bertz CT molecular complexity index is 824. The summed E-state index contributed by atoms with van der Waals surface area (Å²) in [5.41, 5.74) is -0.501. The quantitative estimate of drug-likeness (QED) is 0.689. The summed E-state index contributed by atoms with van der Waals surface area (Å²) in [6.45, 7) is 8.75. The minimum atomic E-state index is -3.15. The summed E-state index contributed by atoms with van der Waals surface area (Å²) in [7, 11) is -3.15. The lowest BCUT2D eigenvalue weighted by molar-refractivity contribution is 0.0122. The lowest BCUT2D eigenvalue weighted by Crippen LogP contribution is -2.48. The van der Waals surface area contributed by atoms with E-state index in [9.17, 15) is 13.2 Å². The summed E-state index contributed by atoms with van der Waals surface area (Å²) in [4.78, 5) is 24.6. The Morgan fingerprint density at radius 2 is 1.67 bits per heavy atom. The Morgan fingerprint density at radius 3 is 2.17 bits per heavy atom. The van der Waals surface area contributed by atoms with Crippen molar-refractivity contribution >= 4 is 21.9 Å². The van der Waals surface area contributed by atoms with E-state index in [1.165, 1.54) is 10.6 Å². The third kappa shape index (κ3) is 6.18. The number of aromatic nitrogens is 2. The van der Waals surface area contributed by atoms with Crippen molar-refractivity contribution in [3.63, 3.8) is 0 Å². The standard InChI is InChI=1S/C19H31N5O5S/c1-19(2,3)29-18(25)23-7-5-15(6-8-23)28-17-14-20-16(13-21-17)22-9-11-24(12-10-22)30(4,26)27/h13-15H,5-12H2,1-4H3. The third-order valence-electron chi connectivity index (χ3n) is 5.03. The normalized spacial score (nSPS) is 19.6. The molecule has 2 aliphatic heterocycles. The zero-order chi connectivity index (χ0) is 21.9. The van der Waals surface area contributed by atoms with Gasteiger partial charge in [-0.1, -0.05) is 0 Å². The number of sulfonamides is 1. The molecule has 0 unspecified atom stereocenters. The van der Waals surface area contributed by atoms with Crippen LogP contribution in [-0.2, 0) is 14.8 Å². The Labute approximate surface area is 178 Å². The SMILES string of the molecule is CC(C)(C)OC(=O)N1CCC(Oc2cnc(N3CCN(S(C)(=O)=O)CC3)cn2)CC1. The number of rotatable bonds is 4. The molecule has 0 bridgehead atoms. The summed E-state index contributed by atoms with van der Waals surface area (Å²) in [5.74, 6) is 1.15. The molecule has 0 saturated carbocycles. The molecule has 2 aliphatic rings. The molecule has 0 aliphatic carbocycles. The monoisotopic (exact) mass is 441 g/mol. The first kappa shape index (κ1) is 22.5. The van der Waals surface area contributed by atoms with Crippen molar-refractivity contribution in [3.05, 3.63) is 12.4 Å². The molecule has 0 radical (unpaired) electrons. The van der Waals surface area contributed by atoms with Crippen LogP contribution in [0.25, 0.3) is 0 Å². The second-order valence-electron chi connectivity index (χ2n) is 8.65. The molecule has 1 aromatic heterocycles. The highest BCUT2D eigenvalue weighted by Gasteiger charge is 2.28. The van der Waals surface area contributed by atoms with Crippen LogP contribution in [-0.4, -0.2) is 90.9 Å². The largest absolute Gasteiger partial charge is 0.473 e. The fourth-order valence-electron chi connectivity index (χ4n) is 3.44. The minimum absolute atomic E-state index is 0.0258. The summed E-state index contributed by atoms with van der Waals surface area (Å²) in [5, 5.41) is 0. The van der Waals surface area contributed by atoms with Crippen LogP contribution in [0.15, 0.2) is 12.4 Å². The van der Waals surface area contributed by atoms with Crippen molar-refractivity contribution in [2.45, 2.75) is 45.3 Å². The predicted molar refractivity (Wildman–Crippen MR) is 112 cm³/mol. The second kappa shape index (κ2) is 8.93. The predicted octanol–water partition coefficient (Wildman–Crippen LogP) is 1.34. The van der Waals surface area contributed by atoms with Crippen molar-refractivity contribution < 1.29 is 22.7 Å². The number of hydrogen-bond donors (Lipinski definition) is 0. The molecular weight excluding hydrogens is 410 g/mol. The Hall–Kier alpha value is -2.14. The van der Waals surface area contributed by atoms with Gasteiger partial charge in [0, 0.05) is 52.1 Å². The van der Waals surface area contributed by atoms with Crippen LogP contribution in [0.4, 0.5) is 10.6 Å². The number of carbonyl (C=O) groups is 1. The zero-order valence-corrected chi connectivity index (χ0v) is 18.9. The van der Waals surface area contributed by atoms with Gasteiger partial charge in [-0.05, 0) is 20.8 Å². The van der Waals surface area contributed by atoms with E-state index in [1.807, 2.05) is 25.7 Å². The van der Waals surface area contributed by atoms with E-state index >= 15 is 0 Å². The molecule has 30 heavy (non-hydrogen) atoms. The number of ether oxygens (including phenoxy) is 2. The average Bonchev–Trinajstić information content (AvgIpc) is 2.67. The number of amides is 1. The van der Waals surface area contributed by atoms with Gasteiger partial charge in [-0.2, -0.15) is 4.31 Å². The maximum atomic E-state index is 12.1. The third-order valence-corrected chi connectivity index (χ3v) is 6.33. The highest BCUT2D eigenvalue weighted by Crippen LogP contribution is 2.21. The molecule has 1 amide bonds.